The van der Waals surface area contributed by atoms with E-state index in [1.54, 1.807) is 6.07 Å². The van der Waals surface area contributed by atoms with E-state index in [1.165, 1.54) is 0 Å². The van der Waals surface area contributed by atoms with E-state index in [4.69, 9.17) is 11.1 Å². The fraction of sp³-hybridized carbons (Fsp3) is 0.385. The van der Waals surface area contributed by atoms with Crippen LogP contribution in [0.5, 0.6) is 0 Å². The first-order valence-electron chi connectivity index (χ1n) is 5.82. The molecule has 0 aliphatic heterocycles. The summed E-state index contributed by atoms with van der Waals surface area (Å²) in [6.45, 7) is 2.53. The molecule has 96 valence electrons. The van der Waals surface area contributed by atoms with Crippen LogP contribution in [-0.4, -0.2) is 23.9 Å². The van der Waals surface area contributed by atoms with Gasteiger partial charge in [-0.3, -0.25) is 15.1 Å². The number of likely N-dealkylation sites (N-methyl/N-ethyl adjacent to an activating group) is 1. The zero-order valence-corrected chi connectivity index (χ0v) is 10.7. The molecular weight excluding hydrogens is 228 g/mol. The van der Waals surface area contributed by atoms with Gasteiger partial charge in [0.1, 0.15) is 0 Å². The summed E-state index contributed by atoms with van der Waals surface area (Å²) in [4.78, 5) is 13.5. The van der Waals surface area contributed by atoms with Crippen LogP contribution in [0.4, 0.5) is 0 Å². The second kappa shape index (κ2) is 6.74. The Morgan fingerprint density at radius 1 is 1.61 bits per heavy atom. The minimum absolute atomic E-state index is 0.198. The van der Waals surface area contributed by atoms with E-state index in [-0.39, 0.29) is 11.9 Å². The van der Waals surface area contributed by atoms with Crippen LogP contribution >= 0.6 is 0 Å². The average Bonchev–Trinajstić information content (AvgIpc) is 2.39. The fourth-order valence-corrected chi connectivity index (χ4v) is 1.93. The van der Waals surface area contributed by atoms with Gasteiger partial charge in [0.05, 0.1) is 17.7 Å². The van der Waals surface area contributed by atoms with Crippen LogP contribution in [0.1, 0.15) is 24.5 Å². The lowest BCUT2D eigenvalue weighted by Gasteiger charge is -2.25. The first-order valence-corrected chi connectivity index (χ1v) is 5.82. The second-order valence-corrected chi connectivity index (χ2v) is 4.16. The van der Waals surface area contributed by atoms with E-state index < -0.39 is 0 Å². The van der Waals surface area contributed by atoms with Crippen LogP contribution in [0.3, 0.4) is 0 Å². The molecule has 3 N–H and O–H groups in total. The Labute approximate surface area is 107 Å². The molecule has 1 rings (SSSR count). The van der Waals surface area contributed by atoms with Gasteiger partial charge in [-0.05, 0) is 31.2 Å². The molecule has 1 unspecified atom stereocenters. The highest BCUT2D eigenvalue weighted by Gasteiger charge is 2.20. The normalized spacial score (nSPS) is 11.9. The molecule has 0 aliphatic carbocycles. The van der Waals surface area contributed by atoms with Crippen molar-refractivity contribution < 1.29 is 4.79 Å². The number of nitrogens with one attached hydrogen (secondary N) is 1. The Morgan fingerprint density at radius 2 is 2.33 bits per heavy atom. The van der Waals surface area contributed by atoms with Crippen molar-refractivity contribution in [2.75, 3.05) is 7.05 Å². The maximum Gasteiger partial charge on any atom is 0.251 e. The van der Waals surface area contributed by atoms with E-state index in [1.807, 2.05) is 37.1 Å². The number of hydrogen-bond donors (Lipinski definition) is 2. The van der Waals surface area contributed by atoms with Gasteiger partial charge in [-0.2, -0.15) is 5.26 Å². The predicted octanol–water partition coefficient (Wildman–Crippen LogP) is 0.759. The number of nitriles is 1. The van der Waals surface area contributed by atoms with Gasteiger partial charge in [-0.1, -0.05) is 19.1 Å². The van der Waals surface area contributed by atoms with Crippen molar-refractivity contribution in [1.29, 1.82) is 5.26 Å². The van der Waals surface area contributed by atoms with Crippen molar-refractivity contribution in [3.63, 3.8) is 0 Å². The second-order valence-electron chi connectivity index (χ2n) is 4.16. The monoisotopic (exact) mass is 246 g/mol. The fourth-order valence-electron chi connectivity index (χ4n) is 1.93. The van der Waals surface area contributed by atoms with Crippen LogP contribution in [0.2, 0.25) is 0 Å². The van der Waals surface area contributed by atoms with Crippen molar-refractivity contribution >= 4 is 5.91 Å². The number of amides is 1. The molecule has 0 bridgehead atoms. The largest absolute Gasteiger partial charge is 0.293 e. The SMILES string of the molecule is CCC(C(=O)NN)N(C)Cc1cccc(C#N)c1. The first-order chi connectivity index (χ1) is 8.62. The Bertz CT molecular complexity index is 453. The summed E-state index contributed by atoms with van der Waals surface area (Å²) in [5, 5.41) is 8.83. The van der Waals surface area contributed by atoms with Crippen molar-refractivity contribution in [1.82, 2.24) is 10.3 Å². The number of nitrogens with two attached hydrogens (primary N) is 1. The molecule has 0 spiro atoms. The summed E-state index contributed by atoms with van der Waals surface area (Å²) >= 11 is 0. The number of nitrogens with zero attached hydrogens (tertiary/aromatic N) is 2. The van der Waals surface area contributed by atoms with Gasteiger partial charge in [-0.25, -0.2) is 5.84 Å². The highest BCUT2D eigenvalue weighted by Crippen LogP contribution is 2.10. The minimum Gasteiger partial charge on any atom is -0.293 e. The first kappa shape index (κ1) is 14.2. The highest BCUT2D eigenvalue weighted by molar-refractivity contribution is 5.80. The molecule has 5 heteroatoms. The number of carbonyl (C=O) groups is 1. The molecule has 5 nitrogen and oxygen atoms in total. The van der Waals surface area contributed by atoms with E-state index in [2.05, 4.69) is 11.5 Å². The van der Waals surface area contributed by atoms with Crippen LogP contribution in [0, 0.1) is 11.3 Å². The van der Waals surface area contributed by atoms with Crippen LogP contribution in [0.15, 0.2) is 24.3 Å². The summed E-state index contributed by atoms with van der Waals surface area (Å²) in [6, 6.07) is 9.19. The van der Waals surface area contributed by atoms with E-state index in [0.29, 0.717) is 18.5 Å². The molecule has 1 aromatic carbocycles. The Morgan fingerprint density at radius 3 is 2.89 bits per heavy atom. The summed E-state index contributed by atoms with van der Waals surface area (Å²) in [7, 11) is 1.86. The number of benzene rings is 1. The molecule has 0 aliphatic rings. The summed E-state index contributed by atoms with van der Waals surface area (Å²) < 4.78 is 0. The van der Waals surface area contributed by atoms with Crippen molar-refractivity contribution in [2.45, 2.75) is 25.9 Å². The molecule has 1 amide bonds. The molecule has 0 radical (unpaired) electrons. The quantitative estimate of drug-likeness (QED) is 0.456. The number of rotatable bonds is 5. The lowest BCUT2D eigenvalue weighted by molar-refractivity contribution is -0.126. The van der Waals surface area contributed by atoms with Crippen LogP contribution < -0.4 is 11.3 Å². The topological polar surface area (TPSA) is 82.2 Å². The van der Waals surface area contributed by atoms with Gasteiger partial charge in [0.25, 0.3) is 5.91 Å². The van der Waals surface area contributed by atoms with Crippen molar-refractivity contribution in [3.8, 4) is 6.07 Å². The third kappa shape index (κ3) is 3.55. The van der Waals surface area contributed by atoms with Crippen LogP contribution in [-0.2, 0) is 11.3 Å². The Hall–Kier alpha value is -1.90. The van der Waals surface area contributed by atoms with Gasteiger partial charge in [0.2, 0.25) is 0 Å². The number of hydrazine groups is 1. The number of hydrogen-bond acceptors (Lipinski definition) is 4. The molecule has 0 saturated carbocycles. The average molecular weight is 246 g/mol. The maximum atomic E-state index is 11.6. The zero-order chi connectivity index (χ0) is 13.5. The third-order valence-corrected chi connectivity index (χ3v) is 2.85. The lowest BCUT2D eigenvalue weighted by Crippen LogP contribution is -2.47. The zero-order valence-electron chi connectivity index (χ0n) is 10.7. The van der Waals surface area contributed by atoms with Gasteiger partial charge in [0, 0.05) is 6.54 Å². The molecule has 0 heterocycles. The molecule has 18 heavy (non-hydrogen) atoms. The van der Waals surface area contributed by atoms with E-state index >= 15 is 0 Å². The maximum absolute atomic E-state index is 11.6. The van der Waals surface area contributed by atoms with Crippen molar-refractivity contribution in [2.24, 2.45) is 5.84 Å². The van der Waals surface area contributed by atoms with E-state index in [9.17, 15) is 4.79 Å². The minimum atomic E-state index is -0.263. The Balaban J connectivity index is 2.76. The third-order valence-electron chi connectivity index (χ3n) is 2.85. The molecule has 1 aromatic rings. The highest BCUT2D eigenvalue weighted by atomic mass is 16.2. The summed E-state index contributed by atoms with van der Waals surface area (Å²) in [5.41, 5.74) is 3.79. The van der Waals surface area contributed by atoms with Gasteiger partial charge < -0.3 is 0 Å². The smallest absolute Gasteiger partial charge is 0.251 e. The summed E-state index contributed by atoms with van der Waals surface area (Å²) in [5.74, 6) is 4.96. The van der Waals surface area contributed by atoms with E-state index in [0.717, 1.165) is 5.56 Å². The lowest BCUT2D eigenvalue weighted by atomic mass is 10.1. The van der Waals surface area contributed by atoms with Crippen molar-refractivity contribution in [3.05, 3.63) is 35.4 Å². The summed E-state index contributed by atoms with van der Waals surface area (Å²) in [6.07, 6.45) is 0.678. The molecule has 1 atom stereocenters. The van der Waals surface area contributed by atoms with Gasteiger partial charge in [0.15, 0.2) is 0 Å². The Kier molecular flexibility index (Phi) is 5.31. The molecule has 0 saturated heterocycles. The molecular formula is C13H18N4O. The standard InChI is InChI=1S/C13H18N4O/c1-3-12(13(18)16-15)17(2)9-11-6-4-5-10(7-11)8-14/h4-7,12H,3,9,15H2,1-2H3,(H,16,18). The molecule has 0 aromatic heterocycles. The van der Waals surface area contributed by atoms with Gasteiger partial charge in [-0.15, -0.1) is 0 Å². The predicted molar refractivity (Wildman–Crippen MR) is 69.0 cm³/mol. The van der Waals surface area contributed by atoms with Gasteiger partial charge >= 0.3 is 0 Å². The molecule has 0 fully saturated rings. The van der Waals surface area contributed by atoms with Crippen LogP contribution in [0.25, 0.3) is 0 Å². The number of carbonyl (C=O) groups excluding carboxylic acids is 1.